The van der Waals surface area contributed by atoms with Gasteiger partial charge < -0.3 is 4.43 Å². The highest BCUT2D eigenvalue weighted by Crippen LogP contribution is 2.57. The van der Waals surface area contributed by atoms with E-state index in [0.717, 1.165) is 25.7 Å². The van der Waals surface area contributed by atoms with E-state index in [-0.39, 0.29) is 11.1 Å². The predicted octanol–water partition coefficient (Wildman–Crippen LogP) is 3.40. The van der Waals surface area contributed by atoms with Crippen LogP contribution in [0.15, 0.2) is 0 Å². The molecular formula is C15H30O4SSi. The Balaban J connectivity index is 1.87. The van der Waals surface area contributed by atoms with Gasteiger partial charge in [-0.2, -0.15) is 8.42 Å². The molecule has 0 aliphatic heterocycles. The second-order valence-electron chi connectivity index (χ2n) is 8.30. The van der Waals surface area contributed by atoms with Crippen molar-refractivity contribution < 1.29 is 17.0 Å². The Morgan fingerprint density at radius 3 is 2.33 bits per heavy atom. The first-order valence-corrected chi connectivity index (χ1v) is 12.7. The minimum absolute atomic E-state index is 0.119. The molecule has 0 N–H and O–H groups in total. The summed E-state index contributed by atoms with van der Waals surface area (Å²) in [7, 11) is -5.07. The zero-order chi connectivity index (χ0) is 16.1. The third-order valence-electron chi connectivity index (χ3n) is 5.56. The van der Waals surface area contributed by atoms with Gasteiger partial charge in [-0.3, -0.25) is 4.18 Å². The van der Waals surface area contributed by atoms with Crippen LogP contribution in [0.5, 0.6) is 0 Å². The van der Waals surface area contributed by atoms with E-state index in [1.807, 2.05) is 0 Å². The zero-order valence-corrected chi connectivity index (χ0v) is 16.0. The Morgan fingerprint density at radius 1 is 1.19 bits per heavy atom. The molecule has 6 heteroatoms. The molecule has 4 nitrogen and oxygen atoms in total. The van der Waals surface area contributed by atoms with E-state index in [4.69, 9.17) is 8.61 Å². The Bertz CT molecular complexity index is 480. The van der Waals surface area contributed by atoms with E-state index in [0.29, 0.717) is 17.8 Å². The Labute approximate surface area is 130 Å². The van der Waals surface area contributed by atoms with Crippen molar-refractivity contribution in [1.29, 1.82) is 0 Å². The van der Waals surface area contributed by atoms with Gasteiger partial charge in [-0.25, -0.2) is 0 Å². The summed E-state index contributed by atoms with van der Waals surface area (Å²) in [5.41, 5.74) is 0. The maximum Gasteiger partial charge on any atom is 0.264 e. The summed E-state index contributed by atoms with van der Waals surface area (Å²) in [5.74, 6) is 1.71. The second kappa shape index (κ2) is 5.62. The van der Waals surface area contributed by atoms with Gasteiger partial charge in [-0.15, -0.1) is 0 Å². The number of hydrogen-bond donors (Lipinski definition) is 0. The summed E-state index contributed by atoms with van der Waals surface area (Å²) in [6, 6.07) is 0. The molecule has 0 saturated heterocycles. The fraction of sp³-hybridized carbons (Fsp3) is 1.00. The quantitative estimate of drug-likeness (QED) is 0.552. The summed E-state index contributed by atoms with van der Waals surface area (Å²) in [6.45, 7) is 12.0. The molecule has 124 valence electrons. The normalized spacial score (nSPS) is 33.0. The first-order valence-electron chi connectivity index (χ1n) is 7.93. The molecule has 2 aliphatic rings. The van der Waals surface area contributed by atoms with Crippen molar-refractivity contribution in [2.45, 2.75) is 64.3 Å². The summed E-state index contributed by atoms with van der Waals surface area (Å²) >= 11 is 0. The van der Waals surface area contributed by atoms with Crippen LogP contribution in [0, 0.1) is 17.8 Å². The lowest BCUT2D eigenvalue weighted by Gasteiger charge is -2.36. The summed E-state index contributed by atoms with van der Waals surface area (Å²) in [6.07, 6.45) is 4.11. The predicted molar refractivity (Wildman–Crippen MR) is 87.2 cm³/mol. The molecule has 0 radical (unpaired) electrons. The summed E-state index contributed by atoms with van der Waals surface area (Å²) in [5, 5.41) is 0.216. The minimum atomic E-state index is -3.35. The van der Waals surface area contributed by atoms with Gasteiger partial charge in [0.1, 0.15) is 0 Å². The van der Waals surface area contributed by atoms with Gasteiger partial charge in [0.2, 0.25) is 0 Å². The van der Waals surface area contributed by atoms with Crippen LogP contribution in [0.3, 0.4) is 0 Å². The maximum atomic E-state index is 11.4. The van der Waals surface area contributed by atoms with Crippen molar-refractivity contribution in [2.75, 3.05) is 12.9 Å². The summed E-state index contributed by atoms with van der Waals surface area (Å²) < 4.78 is 34.3. The molecule has 2 rings (SSSR count). The standard InChI is InChI=1S/C15H30O4SSi/c1-15(2,3)21(5,6)18-8-7-12-13-9-11(13)10-14(12)19-20(4,16)17/h11-14H,7-10H2,1-6H3/t11-,12-,13-,14+/m0/s1. The highest BCUT2D eigenvalue weighted by atomic mass is 32.2. The molecule has 0 aromatic rings. The minimum Gasteiger partial charge on any atom is -0.417 e. The smallest absolute Gasteiger partial charge is 0.264 e. The lowest BCUT2D eigenvalue weighted by molar-refractivity contribution is 0.125. The maximum absolute atomic E-state index is 11.4. The topological polar surface area (TPSA) is 52.6 Å². The van der Waals surface area contributed by atoms with Gasteiger partial charge in [0.15, 0.2) is 8.32 Å². The first kappa shape index (κ1) is 17.4. The third kappa shape index (κ3) is 4.30. The fourth-order valence-corrected chi connectivity index (χ4v) is 4.95. The van der Waals surface area contributed by atoms with Crippen LogP contribution in [0.25, 0.3) is 0 Å². The summed E-state index contributed by atoms with van der Waals surface area (Å²) in [4.78, 5) is 0. The van der Waals surface area contributed by atoms with Crippen LogP contribution in [0.4, 0.5) is 0 Å². The zero-order valence-electron chi connectivity index (χ0n) is 14.2. The average molecular weight is 335 g/mol. The van der Waals surface area contributed by atoms with Crippen LogP contribution < -0.4 is 0 Å². The van der Waals surface area contributed by atoms with Crippen molar-refractivity contribution in [3.05, 3.63) is 0 Å². The lowest BCUT2D eigenvalue weighted by atomic mass is 9.97. The van der Waals surface area contributed by atoms with E-state index in [1.165, 1.54) is 6.42 Å². The van der Waals surface area contributed by atoms with Crippen LogP contribution in [0.1, 0.15) is 40.0 Å². The van der Waals surface area contributed by atoms with Crippen molar-refractivity contribution in [3.63, 3.8) is 0 Å². The van der Waals surface area contributed by atoms with Gasteiger partial charge in [0.05, 0.1) is 12.4 Å². The van der Waals surface area contributed by atoms with Crippen molar-refractivity contribution in [3.8, 4) is 0 Å². The molecule has 4 atom stereocenters. The van der Waals surface area contributed by atoms with Crippen LogP contribution in [0.2, 0.25) is 18.1 Å². The molecule has 2 fully saturated rings. The van der Waals surface area contributed by atoms with Gasteiger partial charge >= 0.3 is 0 Å². The Hall–Kier alpha value is 0.0869. The van der Waals surface area contributed by atoms with Crippen LogP contribution in [-0.2, 0) is 18.7 Å². The fourth-order valence-electron chi connectivity index (χ4n) is 3.22. The molecule has 0 unspecified atom stereocenters. The monoisotopic (exact) mass is 334 g/mol. The molecule has 2 saturated carbocycles. The molecule has 2 aliphatic carbocycles. The van der Waals surface area contributed by atoms with E-state index >= 15 is 0 Å². The number of hydrogen-bond acceptors (Lipinski definition) is 4. The molecule has 0 amide bonds. The van der Waals surface area contributed by atoms with Gasteiger partial charge in [-0.1, -0.05) is 20.8 Å². The van der Waals surface area contributed by atoms with E-state index in [9.17, 15) is 8.42 Å². The van der Waals surface area contributed by atoms with E-state index < -0.39 is 18.4 Å². The van der Waals surface area contributed by atoms with Crippen LogP contribution >= 0.6 is 0 Å². The second-order valence-corrected chi connectivity index (χ2v) is 14.7. The highest BCUT2D eigenvalue weighted by molar-refractivity contribution is 7.86. The lowest BCUT2D eigenvalue weighted by Crippen LogP contribution is -2.41. The van der Waals surface area contributed by atoms with E-state index in [1.54, 1.807) is 0 Å². The molecule has 0 bridgehead atoms. The molecule has 0 aromatic carbocycles. The molecule has 0 spiro atoms. The molecule has 0 heterocycles. The average Bonchev–Trinajstić information content (AvgIpc) is 2.92. The largest absolute Gasteiger partial charge is 0.417 e. The van der Waals surface area contributed by atoms with Crippen molar-refractivity contribution >= 4 is 18.4 Å². The van der Waals surface area contributed by atoms with Gasteiger partial charge in [0.25, 0.3) is 10.1 Å². The molecular weight excluding hydrogens is 304 g/mol. The molecule has 21 heavy (non-hydrogen) atoms. The first-order chi connectivity index (χ1) is 9.41. The SMILES string of the molecule is CC(C)(C)[Si](C)(C)OCC[C@H]1[C@H]2C[C@H]2C[C@H]1OS(C)(=O)=O. The highest BCUT2D eigenvalue weighted by Gasteiger charge is 2.54. The Morgan fingerprint density at radius 2 is 1.81 bits per heavy atom. The van der Waals surface area contributed by atoms with E-state index in [2.05, 4.69) is 33.9 Å². The van der Waals surface area contributed by atoms with Gasteiger partial charge in [0, 0.05) is 6.61 Å². The molecule has 0 aromatic heterocycles. The number of rotatable bonds is 6. The van der Waals surface area contributed by atoms with Crippen LogP contribution in [-0.4, -0.2) is 35.7 Å². The Kier molecular flexibility index (Phi) is 4.67. The van der Waals surface area contributed by atoms with Crippen molar-refractivity contribution in [2.24, 2.45) is 17.8 Å². The van der Waals surface area contributed by atoms with Crippen molar-refractivity contribution in [1.82, 2.24) is 0 Å². The number of fused-ring (bicyclic) bond motifs is 1. The van der Waals surface area contributed by atoms with Gasteiger partial charge in [-0.05, 0) is 55.1 Å². The third-order valence-corrected chi connectivity index (χ3v) is 10.7.